The molecule has 1 saturated heterocycles. The number of amides is 2. The van der Waals surface area contributed by atoms with Gasteiger partial charge < -0.3 is 10.6 Å². The average molecular weight is 497 g/mol. The van der Waals surface area contributed by atoms with Gasteiger partial charge in [0.25, 0.3) is 5.56 Å². The van der Waals surface area contributed by atoms with Crippen LogP contribution >= 0.6 is 11.3 Å². The van der Waals surface area contributed by atoms with Gasteiger partial charge in [0, 0.05) is 38.7 Å². The predicted molar refractivity (Wildman–Crippen MR) is 135 cm³/mol. The van der Waals surface area contributed by atoms with Crippen LogP contribution < -0.4 is 16.2 Å². The van der Waals surface area contributed by atoms with Gasteiger partial charge in [0.05, 0.1) is 12.2 Å². The van der Waals surface area contributed by atoms with E-state index < -0.39 is 0 Å². The third kappa shape index (κ3) is 6.95. The van der Waals surface area contributed by atoms with Gasteiger partial charge in [-0.1, -0.05) is 48.6 Å². The first-order valence-corrected chi connectivity index (χ1v) is 13.0. The lowest BCUT2D eigenvalue weighted by atomic mass is 9.91. The number of hydrogen-bond acceptors (Lipinski definition) is 7. The third-order valence-electron chi connectivity index (χ3n) is 6.17. The van der Waals surface area contributed by atoms with Crippen molar-refractivity contribution in [2.24, 2.45) is 0 Å². The molecule has 0 saturated carbocycles. The van der Waals surface area contributed by atoms with Gasteiger partial charge in [-0.05, 0) is 37.2 Å². The quantitative estimate of drug-likeness (QED) is 0.573. The first-order valence-electron chi connectivity index (χ1n) is 12.2. The lowest BCUT2D eigenvalue weighted by molar-refractivity contribution is -0.123. The Balaban J connectivity index is 1.45. The Kier molecular flexibility index (Phi) is 8.59. The summed E-state index contributed by atoms with van der Waals surface area (Å²) in [6, 6.07) is 11.6. The highest BCUT2D eigenvalue weighted by Gasteiger charge is 2.18. The molecule has 2 amide bonds. The lowest BCUT2D eigenvalue weighted by Gasteiger charge is -2.23. The van der Waals surface area contributed by atoms with Gasteiger partial charge in [0.15, 0.2) is 0 Å². The molecule has 10 heteroatoms. The van der Waals surface area contributed by atoms with Gasteiger partial charge in [-0.25, -0.2) is 4.98 Å². The predicted octanol–water partition coefficient (Wildman–Crippen LogP) is 2.11. The lowest BCUT2D eigenvalue weighted by Crippen LogP contribution is -2.39. The molecular formula is C25H32N6O3S. The van der Waals surface area contributed by atoms with Crippen molar-refractivity contribution in [1.29, 1.82) is 0 Å². The molecule has 9 nitrogen and oxygen atoms in total. The van der Waals surface area contributed by atoms with Crippen molar-refractivity contribution in [1.82, 2.24) is 30.1 Å². The molecule has 2 N–H and O–H groups in total. The molecule has 0 radical (unpaired) electrons. The normalized spacial score (nSPS) is 19.2. The maximum Gasteiger partial charge on any atom is 0.275 e. The SMILES string of the molecule is CCc1nn2c(=O)cc(CN3CCCNC(=O)CCC(c4ccccc4)CCNC(=O)C3)nc2s1. The van der Waals surface area contributed by atoms with Gasteiger partial charge in [-0.15, -0.1) is 0 Å². The fourth-order valence-electron chi connectivity index (χ4n) is 4.33. The zero-order chi connectivity index (χ0) is 24.6. The molecule has 1 fully saturated rings. The second-order valence-electron chi connectivity index (χ2n) is 8.83. The molecule has 186 valence electrons. The van der Waals surface area contributed by atoms with E-state index in [1.807, 2.05) is 30.0 Å². The highest BCUT2D eigenvalue weighted by atomic mass is 32.1. The molecular weight excluding hydrogens is 464 g/mol. The van der Waals surface area contributed by atoms with E-state index in [4.69, 9.17) is 0 Å². The molecule has 2 aromatic heterocycles. The highest BCUT2D eigenvalue weighted by Crippen LogP contribution is 2.24. The molecule has 1 unspecified atom stereocenters. The summed E-state index contributed by atoms with van der Waals surface area (Å²) in [4.78, 5) is 44.8. The first kappa shape index (κ1) is 25.0. The number of carbonyl (C=O) groups is 2. The van der Waals surface area contributed by atoms with E-state index in [0.717, 1.165) is 24.3 Å². The molecule has 4 rings (SSSR count). The van der Waals surface area contributed by atoms with Gasteiger partial charge in [-0.2, -0.15) is 9.61 Å². The molecule has 0 bridgehead atoms. The molecule has 0 aliphatic carbocycles. The summed E-state index contributed by atoms with van der Waals surface area (Å²) in [5.41, 5.74) is 1.58. The van der Waals surface area contributed by atoms with Crippen LogP contribution in [0.25, 0.3) is 4.96 Å². The fraction of sp³-hybridized carbons (Fsp3) is 0.480. The van der Waals surface area contributed by atoms with Crippen LogP contribution in [0, 0.1) is 0 Å². The molecule has 3 aromatic rings. The van der Waals surface area contributed by atoms with Gasteiger partial charge >= 0.3 is 0 Å². The molecule has 1 aliphatic heterocycles. The van der Waals surface area contributed by atoms with Crippen LogP contribution in [0.4, 0.5) is 0 Å². The second kappa shape index (κ2) is 12.0. The fourth-order valence-corrected chi connectivity index (χ4v) is 5.19. The topological polar surface area (TPSA) is 109 Å². The van der Waals surface area contributed by atoms with E-state index in [2.05, 4.69) is 32.8 Å². The molecule has 35 heavy (non-hydrogen) atoms. The third-order valence-corrected chi connectivity index (χ3v) is 7.23. The van der Waals surface area contributed by atoms with Crippen molar-refractivity contribution in [3.63, 3.8) is 0 Å². The van der Waals surface area contributed by atoms with E-state index >= 15 is 0 Å². The first-order chi connectivity index (χ1) is 17.0. The van der Waals surface area contributed by atoms with E-state index in [1.165, 1.54) is 27.5 Å². The summed E-state index contributed by atoms with van der Waals surface area (Å²) < 4.78 is 1.33. The molecule has 1 aliphatic rings. The van der Waals surface area contributed by atoms with Crippen molar-refractivity contribution in [2.45, 2.75) is 51.5 Å². The summed E-state index contributed by atoms with van der Waals surface area (Å²) in [6.45, 7) is 4.25. The smallest absolute Gasteiger partial charge is 0.275 e. The summed E-state index contributed by atoms with van der Waals surface area (Å²) in [6.07, 6.45) is 3.41. The maximum atomic E-state index is 12.8. The number of hydrogen-bond donors (Lipinski definition) is 2. The minimum Gasteiger partial charge on any atom is -0.356 e. The molecule has 1 atom stereocenters. The number of benzene rings is 1. The summed E-state index contributed by atoms with van der Waals surface area (Å²) in [5.74, 6) is 0.204. The molecule has 1 aromatic carbocycles. The van der Waals surface area contributed by atoms with Crippen LogP contribution in [-0.4, -0.2) is 57.5 Å². The number of aryl methyl sites for hydroxylation is 1. The van der Waals surface area contributed by atoms with E-state index in [9.17, 15) is 14.4 Å². The highest BCUT2D eigenvalue weighted by molar-refractivity contribution is 7.16. The maximum absolute atomic E-state index is 12.8. The van der Waals surface area contributed by atoms with Crippen molar-refractivity contribution in [2.75, 3.05) is 26.2 Å². The van der Waals surface area contributed by atoms with Crippen LogP contribution in [0.3, 0.4) is 0 Å². The Hall–Kier alpha value is -3.11. The van der Waals surface area contributed by atoms with Crippen LogP contribution in [0.1, 0.15) is 54.8 Å². The summed E-state index contributed by atoms with van der Waals surface area (Å²) >= 11 is 1.41. The zero-order valence-corrected chi connectivity index (χ0v) is 20.9. The largest absolute Gasteiger partial charge is 0.356 e. The van der Waals surface area contributed by atoms with E-state index in [1.54, 1.807) is 0 Å². The minimum atomic E-state index is -0.216. The summed E-state index contributed by atoms with van der Waals surface area (Å²) in [7, 11) is 0. The standard InChI is InChI=1S/C25H32N6O3S/c1-2-23-29-31-24(34)15-20(28-25(31)35-23)16-30-14-6-12-26-21(32)10-9-19(11-13-27-22(33)17-30)18-7-4-3-5-8-18/h3-5,7-8,15,19H,2,6,9-14,16-17H2,1H3,(H,26,32)(H,27,33). The Morgan fingerprint density at radius 1 is 1.06 bits per heavy atom. The van der Waals surface area contributed by atoms with Crippen LogP contribution in [0.15, 0.2) is 41.2 Å². The zero-order valence-electron chi connectivity index (χ0n) is 20.0. The Labute approximate surface area is 208 Å². The number of aromatic nitrogens is 3. The van der Waals surface area contributed by atoms with E-state index in [-0.39, 0.29) is 29.8 Å². The Morgan fingerprint density at radius 2 is 1.86 bits per heavy atom. The molecule has 3 heterocycles. The number of carbonyl (C=O) groups excluding carboxylic acids is 2. The van der Waals surface area contributed by atoms with Gasteiger partial charge in [0.1, 0.15) is 5.01 Å². The summed E-state index contributed by atoms with van der Waals surface area (Å²) in [5, 5.41) is 11.2. The van der Waals surface area contributed by atoms with E-state index in [0.29, 0.717) is 49.7 Å². The van der Waals surface area contributed by atoms with Crippen molar-refractivity contribution >= 4 is 28.1 Å². The monoisotopic (exact) mass is 496 g/mol. The van der Waals surface area contributed by atoms with Crippen molar-refractivity contribution in [3.8, 4) is 0 Å². The number of nitrogens with one attached hydrogen (secondary N) is 2. The van der Waals surface area contributed by atoms with Crippen LogP contribution in [0.5, 0.6) is 0 Å². The average Bonchev–Trinajstić information content (AvgIpc) is 3.28. The van der Waals surface area contributed by atoms with Crippen LogP contribution in [0.2, 0.25) is 0 Å². The second-order valence-corrected chi connectivity index (χ2v) is 9.87. The number of rotatable bonds is 4. The van der Waals surface area contributed by atoms with Gasteiger partial charge in [-0.3, -0.25) is 19.3 Å². The van der Waals surface area contributed by atoms with Crippen LogP contribution in [-0.2, 0) is 22.6 Å². The Morgan fingerprint density at radius 3 is 2.66 bits per heavy atom. The molecule has 0 spiro atoms. The van der Waals surface area contributed by atoms with Crippen molar-refractivity contribution in [3.05, 3.63) is 63.0 Å². The van der Waals surface area contributed by atoms with Crippen molar-refractivity contribution < 1.29 is 9.59 Å². The number of fused-ring (bicyclic) bond motifs is 1. The van der Waals surface area contributed by atoms with Gasteiger partial charge in [0.2, 0.25) is 16.8 Å². The minimum absolute atomic E-state index is 0.0515. The Bertz CT molecular complexity index is 1210. The number of nitrogens with zero attached hydrogens (tertiary/aromatic N) is 4.